The van der Waals surface area contributed by atoms with Crippen molar-refractivity contribution >= 4 is 5.69 Å². The van der Waals surface area contributed by atoms with Gasteiger partial charge in [0.15, 0.2) is 0 Å². The minimum Gasteiger partial charge on any atom is -0.395 e. The lowest BCUT2D eigenvalue weighted by molar-refractivity contribution is -0.385. The van der Waals surface area contributed by atoms with Crippen molar-refractivity contribution in [1.29, 1.82) is 0 Å². The number of aliphatic hydroxyl groups excluding tert-OH is 1. The number of hydrogen-bond donors (Lipinski definition) is 1. The van der Waals surface area contributed by atoms with Crippen LogP contribution in [0.5, 0.6) is 0 Å². The molecule has 0 saturated carbocycles. The van der Waals surface area contributed by atoms with Crippen molar-refractivity contribution in [1.82, 2.24) is 0 Å². The van der Waals surface area contributed by atoms with E-state index in [2.05, 4.69) is 11.8 Å². The number of hydrogen-bond acceptors (Lipinski definition) is 3. The van der Waals surface area contributed by atoms with Gasteiger partial charge in [0.1, 0.15) is 0 Å². The summed E-state index contributed by atoms with van der Waals surface area (Å²) in [5.41, 5.74) is 1.42. The van der Waals surface area contributed by atoms with Gasteiger partial charge in [-0.2, -0.15) is 0 Å². The van der Waals surface area contributed by atoms with Crippen molar-refractivity contribution in [3.05, 3.63) is 39.4 Å². The average molecular weight is 205 g/mol. The molecule has 4 nitrogen and oxygen atoms in total. The number of rotatable bonds is 2. The minimum absolute atomic E-state index is 0.0267. The first-order chi connectivity index (χ1) is 7.15. The second-order valence-corrected chi connectivity index (χ2v) is 3.03. The third kappa shape index (κ3) is 3.08. The number of aliphatic hydroxyl groups is 1. The first-order valence-electron chi connectivity index (χ1n) is 4.50. The highest BCUT2D eigenvalue weighted by molar-refractivity contribution is 5.47. The van der Waals surface area contributed by atoms with Crippen LogP contribution in [-0.2, 0) is 0 Å². The van der Waals surface area contributed by atoms with Crippen LogP contribution in [-0.4, -0.2) is 16.6 Å². The summed E-state index contributed by atoms with van der Waals surface area (Å²) in [6.07, 6.45) is 0.413. The van der Waals surface area contributed by atoms with E-state index in [1.54, 1.807) is 19.1 Å². The highest BCUT2D eigenvalue weighted by Crippen LogP contribution is 2.18. The van der Waals surface area contributed by atoms with Gasteiger partial charge in [-0.3, -0.25) is 10.1 Å². The number of nitrogens with zero attached hydrogens (tertiary/aromatic N) is 1. The van der Waals surface area contributed by atoms with Crippen LogP contribution in [0, 0.1) is 28.9 Å². The van der Waals surface area contributed by atoms with Crippen LogP contribution in [0.25, 0.3) is 0 Å². The zero-order valence-electron chi connectivity index (χ0n) is 8.36. The molecule has 0 aromatic heterocycles. The van der Waals surface area contributed by atoms with E-state index >= 15 is 0 Å². The van der Waals surface area contributed by atoms with Gasteiger partial charge in [-0.1, -0.05) is 11.8 Å². The SMILES string of the molecule is Cc1cc(C#CCCO)ccc1[N+](=O)[O-]. The Bertz CT molecular complexity index is 429. The molecule has 0 heterocycles. The van der Waals surface area contributed by atoms with Gasteiger partial charge in [0.25, 0.3) is 5.69 Å². The van der Waals surface area contributed by atoms with Gasteiger partial charge in [0.05, 0.1) is 11.5 Å². The zero-order valence-corrected chi connectivity index (χ0v) is 8.36. The molecule has 4 heteroatoms. The van der Waals surface area contributed by atoms with E-state index in [-0.39, 0.29) is 12.3 Å². The standard InChI is InChI=1S/C11H11NO3/c1-9-8-10(4-2-3-7-13)5-6-11(9)12(14)15/h5-6,8,13H,3,7H2,1H3. The Hall–Kier alpha value is -1.86. The second kappa shape index (κ2) is 5.13. The summed E-state index contributed by atoms with van der Waals surface area (Å²) in [5, 5.41) is 19.1. The van der Waals surface area contributed by atoms with Crippen molar-refractivity contribution in [2.24, 2.45) is 0 Å². The molecule has 1 rings (SSSR count). The van der Waals surface area contributed by atoms with E-state index < -0.39 is 4.92 Å². The smallest absolute Gasteiger partial charge is 0.272 e. The summed E-state index contributed by atoms with van der Waals surface area (Å²) in [5.74, 6) is 5.58. The van der Waals surface area contributed by atoms with Gasteiger partial charge in [0.2, 0.25) is 0 Å². The van der Waals surface area contributed by atoms with Crippen LogP contribution in [0.3, 0.4) is 0 Å². The fourth-order valence-corrected chi connectivity index (χ4v) is 1.16. The second-order valence-electron chi connectivity index (χ2n) is 3.03. The predicted molar refractivity (Wildman–Crippen MR) is 56.4 cm³/mol. The van der Waals surface area contributed by atoms with Gasteiger partial charge >= 0.3 is 0 Å². The van der Waals surface area contributed by atoms with Gasteiger partial charge < -0.3 is 5.11 Å². The molecule has 15 heavy (non-hydrogen) atoms. The number of nitro groups is 1. The van der Waals surface area contributed by atoms with Gasteiger partial charge in [-0.15, -0.1) is 0 Å². The first kappa shape index (κ1) is 11.2. The molecule has 78 valence electrons. The van der Waals surface area contributed by atoms with E-state index in [9.17, 15) is 10.1 Å². The maximum Gasteiger partial charge on any atom is 0.272 e. The van der Waals surface area contributed by atoms with E-state index in [0.29, 0.717) is 12.0 Å². The summed E-state index contributed by atoms with van der Waals surface area (Å²) in [4.78, 5) is 10.1. The van der Waals surface area contributed by atoms with Crippen molar-refractivity contribution in [2.45, 2.75) is 13.3 Å². The summed E-state index contributed by atoms with van der Waals surface area (Å²) in [7, 11) is 0. The molecule has 0 radical (unpaired) electrons. The molecule has 1 aromatic carbocycles. The molecule has 0 bridgehead atoms. The fourth-order valence-electron chi connectivity index (χ4n) is 1.16. The third-order valence-corrected chi connectivity index (χ3v) is 1.86. The molecule has 0 unspecified atom stereocenters. The molecular formula is C11H11NO3. The van der Waals surface area contributed by atoms with E-state index in [1.165, 1.54) is 6.07 Å². The molecule has 0 aliphatic heterocycles. The average Bonchev–Trinajstić information content (AvgIpc) is 2.17. The quantitative estimate of drug-likeness (QED) is 0.453. The molecule has 0 fully saturated rings. The predicted octanol–water partition coefficient (Wildman–Crippen LogP) is 1.64. The summed E-state index contributed by atoms with van der Waals surface area (Å²) >= 11 is 0. The Morgan fingerprint density at radius 3 is 2.80 bits per heavy atom. The van der Waals surface area contributed by atoms with Crippen molar-refractivity contribution in [3.8, 4) is 11.8 Å². The van der Waals surface area contributed by atoms with Gasteiger partial charge in [-0.05, 0) is 19.1 Å². The van der Waals surface area contributed by atoms with Crippen LogP contribution in [0.15, 0.2) is 18.2 Å². The van der Waals surface area contributed by atoms with E-state index in [0.717, 1.165) is 5.56 Å². The minimum atomic E-state index is -0.416. The van der Waals surface area contributed by atoms with E-state index in [1.807, 2.05) is 0 Å². The Balaban J connectivity index is 2.93. The monoisotopic (exact) mass is 205 g/mol. The van der Waals surface area contributed by atoms with Crippen LogP contribution in [0.2, 0.25) is 0 Å². The normalized spacial score (nSPS) is 9.20. The summed E-state index contributed by atoms with van der Waals surface area (Å²) in [6, 6.07) is 4.72. The van der Waals surface area contributed by atoms with Gasteiger partial charge in [0, 0.05) is 23.6 Å². The Morgan fingerprint density at radius 2 is 2.27 bits per heavy atom. The maximum atomic E-state index is 10.5. The Labute approximate surface area is 87.7 Å². The maximum absolute atomic E-state index is 10.5. The highest BCUT2D eigenvalue weighted by atomic mass is 16.6. The molecular weight excluding hydrogens is 194 g/mol. The summed E-state index contributed by atoms with van der Waals surface area (Å²) < 4.78 is 0. The molecule has 0 saturated heterocycles. The van der Waals surface area contributed by atoms with Crippen LogP contribution >= 0.6 is 0 Å². The zero-order chi connectivity index (χ0) is 11.3. The Kier molecular flexibility index (Phi) is 3.83. The lowest BCUT2D eigenvalue weighted by atomic mass is 10.1. The largest absolute Gasteiger partial charge is 0.395 e. The third-order valence-electron chi connectivity index (χ3n) is 1.86. The number of nitro benzene ring substituents is 1. The van der Waals surface area contributed by atoms with Crippen molar-refractivity contribution < 1.29 is 10.0 Å². The van der Waals surface area contributed by atoms with Crippen LogP contribution in [0.4, 0.5) is 5.69 Å². The highest BCUT2D eigenvalue weighted by Gasteiger charge is 2.08. The van der Waals surface area contributed by atoms with Crippen LogP contribution < -0.4 is 0 Å². The van der Waals surface area contributed by atoms with Crippen molar-refractivity contribution in [2.75, 3.05) is 6.61 Å². The molecule has 0 aliphatic rings. The lowest BCUT2D eigenvalue weighted by Crippen LogP contribution is -1.91. The molecule has 0 spiro atoms. The Morgan fingerprint density at radius 1 is 1.53 bits per heavy atom. The molecule has 0 atom stereocenters. The van der Waals surface area contributed by atoms with Crippen LogP contribution in [0.1, 0.15) is 17.5 Å². The summed E-state index contributed by atoms with van der Waals surface area (Å²) in [6.45, 7) is 1.70. The first-order valence-corrected chi connectivity index (χ1v) is 4.50. The molecule has 0 aliphatic carbocycles. The molecule has 1 aromatic rings. The van der Waals surface area contributed by atoms with E-state index in [4.69, 9.17) is 5.11 Å². The van der Waals surface area contributed by atoms with Gasteiger partial charge in [-0.25, -0.2) is 0 Å². The molecule has 1 N–H and O–H groups in total. The molecule has 0 amide bonds. The topological polar surface area (TPSA) is 63.4 Å². The lowest BCUT2D eigenvalue weighted by Gasteiger charge is -1.96. The number of aryl methyl sites for hydroxylation is 1. The van der Waals surface area contributed by atoms with Crippen molar-refractivity contribution in [3.63, 3.8) is 0 Å². The number of benzene rings is 1. The fraction of sp³-hybridized carbons (Fsp3) is 0.273.